The maximum Gasteiger partial charge on any atom is 0.323 e. The van der Waals surface area contributed by atoms with Gasteiger partial charge in [-0.2, -0.15) is 0 Å². The van der Waals surface area contributed by atoms with Gasteiger partial charge in [0.1, 0.15) is 0 Å². The predicted molar refractivity (Wildman–Crippen MR) is 60.0 cm³/mol. The summed E-state index contributed by atoms with van der Waals surface area (Å²) >= 11 is 1.55. The van der Waals surface area contributed by atoms with Crippen molar-refractivity contribution in [2.45, 2.75) is 0 Å². The largest absolute Gasteiger partial charge is 0.323 e. The molecule has 4 nitrogen and oxygen atoms in total. The van der Waals surface area contributed by atoms with E-state index < -0.39 is 0 Å². The lowest BCUT2D eigenvalue weighted by Crippen LogP contribution is -1.99. The molecule has 3 rings (SSSR count). The van der Waals surface area contributed by atoms with Gasteiger partial charge in [0, 0.05) is 10.9 Å². The van der Waals surface area contributed by atoms with Crippen LogP contribution in [0.25, 0.3) is 22.3 Å². The van der Waals surface area contributed by atoms with Crippen molar-refractivity contribution in [3.63, 3.8) is 0 Å². The summed E-state index contributed by atoms with van der Waals surface area (Å²) in [4.78, 5) is 20.7. The summed E-state index contributed by atoms with van der Waals surface area (Å²) < 4.78 is 0. The third-order valence-electron chi connectivity index (χ3n) is 2.24. The highest BCUT2D eigenvalue weighted by Crippen LogP contribution is 2.21. The molecule has 5 heteroatoms. The van der Waals surface area contributed by atoms with Crippen molar-refractivity contribution in [2.75, 3.05) is 0 Å². The zero-order valence-electron chi connectivity index (χ0n) is 7.65. The molecule has 15 heavy (non-hydrogen) atoms. The van der Waals surface area contributed by atoms with E-state index in [1.165, 1.54) is 0 Å². The van der Waals surface area contributed by atoms with Gasteiger partial charge in [0.05, 0.1) is 22.2 Å². The van der Waals surface area contributed by atoms with E-state index >= 15 is 0 Å². The van der Waals surface area contributed by atoms with Crippen LogP contribution in [0.1, 0.15) is 0 Å². The van der Waals surface area contributed by atoms with Gasteiger partial charge in [-0.05, 0) is 12.1 Å². The van der Waals surface area contributed by atoms with E-state index in [4.69, 9.17) is 0 Å². The van der Waals surface area contributed by atoms with Crippen LogP contribution < -0.4 is 5.69 Å². The van der Waals surface area contributed by atoms with Gasteiger partial charge in [-0.25, -0.2) is 9.78 Å². The smallest absolute Gasteiger partial charge is 0.306 e. The second-order valence-electron chi connectivity index (χ2n) is 3.21. The van der Waals surface area contributed by atoms with Crippen LogP contribution in [0.15, 0.2) is 33.9 Å². The normalized spacial score (nSPS) is 10.9. The van der Waals surface area contributed by atoms with Crippen molar-refractivity contribution in [2.24, 2.45) is 0 Å². The Balaban J connectivity index is 2.26. The minimum Gasteiger partial charge on any atom is -0.306 e. The molecule has 0 bridgehead atoms. The first kappa shape index (κ1) is 8.43. The van der Waals surface area contributed by atoms with Crippen LogP contribution in [0.3, 0.4) is 0 Å². The molecule has 0 aliphatic carbocycles. The van der Waals surface area contributed by atoms with Crippen molar-refractivity contribution in [1.82, 2.24) is 15.0 Å². The van der Waals surface area contributed by atoms with E-state index in [1.54, 1.807) is 16.8 Å². The summed E-state index contributed by atoms with van der Waals surface area (Å²) in [5.74, 6) is 0. The van der Waals surface area contributed by atoms with Gasteiger partial charge in [-0.15, -0.1) is 11.3 Å². The van der Waals surface area contributed by atoms with Gasteiger partial charge in [-0.1, -0.05) is 6.07 Å². The summed E-state index contributed by atoms with van der Waals surface area (Å²) in [6.45, 7) is 0. The first-order chi connectivity index (χ1) is 7.33. The van der Waals surface area contributed by atoms with E-state index in [9.17, 15) is 4.79 Å². The molecule has 0 radical (unpaired) electrons. The molecule has 0 aliphatic heterocycles. The van der Waals surface area contributed by atoms with Crippen LogP contribution in [0.4, 0.5) is 0 Å². The Morgan fingerprint density at radius 2 is 2.07 bits per heavy atom. The first-order valence-electron chi connectivity index (χ1n) is 4.43. The third-order valence-corrected chi connectivity index (χ3v) is 2.83. The van der Waals surface area contributed by atoms with Crippen LogP contribution >= 0.6 is 11.3 Å². The van der Waals surface area contributed by atoms with Crippen molar-refractivity contribution in [1.29, 1.82) is 0 Å². The number of hydrogen-bond donors (Lipinski definition) is 2. The van der Waals surface area contributed by atoms with Crippen molar-refractivity contribution in [3.8, 4) is 11.3 Å². The Kier molecular flexibility index (Phi) is 1.72. The van der Waals surface area contributed by atoms with E-state index in [0.29, 0.717) is 0 Å². The molecule has 0 saturated heterocycles. The van der Waals surface area contributed by atoms with Gasteiger partial charge in [0.15, 0.2) is 0 Å². The Labute approximate surface area is 88.6 Å². The van der Waals surface area contributed by atoms with Crippen molar-refractivity contribution >= 4 is 22.4 Å². The fourth-order valence-corrected chi connectivity index (χ4v) is 2.11. The number of rotatable bonds is 1. The second-order valence-corrected chi connectivity index (χ2v) is 3.93. The van der Waals surface area contributed by atoms with E-state index in [1.807, 2.05) is 23.6 Å². The van der Waals surface area contributed by atoms with Crippen LogP contribution in [-0.2, 0) is 0 Å². The van der Waals surface area contributed by atoms with Gasteiger partial charge < -0.3 is 9.97 Å². The minimum absolute atomic E-state index is 0.180. The molecule has 74 valence electrons. The predicted octanol–water partition coefficient (Wildman–Crippen LogP) is 1.98. The zero-order valence-corrected chi connectivity index (χ0v) is 8.47. The molecule has 1 aromatic carbocycles. The molecule has 3 aromatic rings. The van der Waals surface area contributed by atoms with Crippen LogP contribution in [0, 0.1) is 0 Å². The summed E-state index contributed by atoms with van der Waals surface area (Å²) in [6.07, 6.45) is 0. The van der Waals surface area contributed by atoms with Gasteiger partial charge >= 0.3 is 5.69 Å². The molecule has 0 atom stereocenters. The van der Waals surface area contributed by atoms with Gasteiger partial charge in [0.25, 0.3) is 0 Å². The summed E-state index contributed by atoms with van der Waals surface area (Å²) in [5.41, 5.74) is 5.19. The van der Waals surface area contributed by atoms with Crippen LogP contribution in [0.5, 0.6) is 0 Å². The Morgan fingerprint density at radius 1 is 1.20 bits per heavy atom. The number of H-pyrrole nitrogens is 2. The Hall–Kier alpha value is -1.88. The quantitative estimate of drug-likeness (QED) is 0.654. The lowest BCUT2D eigenvalue weighted by molar-refractivity contribution is 1.21. The Morgan fingerprint density at radius 3 is 2.87 bits per heavy atom. The number of nitrogens with one attached hydrogen (secondary N) is 2. The third kappa shape index (κ3) is 1.37. The average Bonchev–Trinajstić information content (AvgIpc) is 2.82. The highest BCUT2D eigenvalue weighted by Gasteiger charge is 2.02. The molecule has 0 spiro atoms. The molecule has 0 amide bonds. The van der Waals surface area contributed by atoms with E-state index in [2.05, 4.69) is 15.0 Å². The molecule has 0 fully saturated rings. The van der Waals surface area contributed by atoms with Gasteiger partial charge in [-0.3, -0.25) is 0 Å². The number of aromatic amines is 2. The number of hydrogen-bond acceptors (Lipinski definition) is 3. The average molecular weight is 217 g/mol. The number of thiazole rings is 1. The van der Waals surface area contributed by atoms with Gasteiger partial charge in [0.2, 0.25) is 0 Å². The molecule has 2 aromatic heterocycles. The number of fused-ring (bicyclic) bond motifs is 1. The van der Waals surface area contributed by atoms with Crippen LogP contribution in [0.2, 0.25) is 0 Å². The highest BCUT2D eigenvalue weighted by atomic mass is 32.1. The second kappa shape index (κ2) is 3.06. The topological polar surface area (TPSA) is 61.5 Å². The molecule has 0 saturated carbocycles. The lowest BCUT2D eigenvalue weighted by Gasteiger charge is -1.95. The van der Waals surface area contributed by atoms with Crippen LogP contribution in [-0.4, -0.2) is 15.0 Å². The molecule has 0 aliphatic rings. The summed E-state index contributed by atoms with van der Waals surface area (Å²) in [7, 11) is 0. The summed E-state index contributed by atoms with van der Waals surface area (Å²) in [6, 6.07) is 5.74. The maximum atomic E-state index is 11.1. The standard InChI is InChI=1S/C10H7N3OS/c14-10-12-7-2-1-6(3-8(7)13-10)9-4-15-5-11-9/h1-5H,(H2,12,13,14). The highest BCUT2D eigenvalue weighted by molar-refractivity contribution is 7.07. The molecule has 2 heterocycles. The zero-order chi connectivity index (χ0) is 10.3. The number of aromatic nitrogens is 3. The Bertz CT molecular complexity index is 651. The lowest BCUT2D eigenvalue weighted by atomic mass is 10.1. The first-order valence-corrected chi connectivity index (χ1v) is 5.38. The van der Waals surface area contributed by atoms with Crippen molar-refractivity contribution in [3.05, 3.63) is 39.6 Å². The van der Waals surface area contributed by atoms with E-state index in [0.717, 1.165) is 22.3 Å². The molecular formula is C10H7N3OS. The number of imidazole rings is 1. The van der Waals surface area contributed by atoms with E-state index in [-0.39, 0.29) is 5.69 Å². The monoisotopic (exact) mass is 217 g/mol. The van der Waals surface area contributed by atoms with Crippen molar-refractivity contribution < 1.29 is 0 Å². The minimum atomic E-state index is -0.180. The molecular weight excluding hydrogens is 210 g/mol. The summed E-state index contributed by atoms with van der Waals surface area (Å²) in [5, 5.41) is 1.98. The number of benzene rings is 1. The SMILES string of the molecule is O=c1[nH]c2ccc(-c3cscn3)cc2[nH]1. The fraction of sp³-hybridized carbons (Fsp3) is 0. The molecule has 2 N–H and O–H groups in total. The maximum absolute atomic E-state index is 11.1. The number of nitrogens with zero attached hydrogens (tertiary/aromatic N) is 1. The fourth-order valence-electron chi connectivity index (χ4n) is 1.55. The molecule has 0 unspecified atom stereocenters.